The predicted octanol–water partition coefficient (Wildman–Crippen LogP) is 3.20. The Kier molecular flexibility index (Phi) is 5.68. The zero-order valence-electron chi connectivity index (χ0n) is 15.3. The summed E-state index contributed by atoms with van der Waals surface area (Å²) < 4.78 is 11.5. The highest BCUT2D eigenvalue weighted by Gasteiger charge is 2.26. The van der Waals surface area contributed by atoms with E-state index in [1.807, 2.05) is 6.07 Å². The Balaban J connectivity index is 1.28. The second-order valence-corrected chi connectivity index (χ2v) is 7.12. The first-order valence-electron chi connectivity index (χ1n) is 9.15. The highest BCUT2D eigenvalue weighted by atomic mass is 35.5. The number of nitrogens with two attached hydrogens (primary N) is 1. The molecule has 0 amide bonds. The Morgan fingerprint density at radius 1 is 1.14 bits per heavy atom. The normalized spacial score (nSPS) is 15.1. The van der Waals surface area contributed by atoms with Crippen LogP contribution in [0.4, 0.5) is 11.6 Å². The first kappa shape index (κ1) is 18.6. The lowest BCUT2D eigenvalue weighted by atomic mass is 9.97. The van der Waals surface area contributed by atoms with Crippen molar-refractivity contribution in [3.63, 3.8) is 0 Å². The van der Waals surface area contributed by atoms with Crippen molar-refractivity contribution < 1.29 is 9.15 Å². The Morgan fingerprint density at radius 3 is 2.71 bits per heavy atom. The molecule has 1 aliphatic heterocycles. The minimum absolute atomic E-state index is 0.232. The largest absolute Gasteiger partial charge is 0.422 e. The first-order valence-corrected chi connectivity index (χ1v) is 9.53. The van der Waals surface area contributed by atoms with Gasteiger partial charge in [0.15, 0.2) is 0 Å². The maximum absolute atomic E-state index is 5.99. The minimum atomic E-state index is 0.232. The zero-order chi connectivity index (χ0) is 19.3. The van der Waals surface area contributed by atoms with Crippen molar-refractivity contribution in [2.45, 2.75) is 32.0 Å². The summed E-state index contributed by atoms with van der Waals surface area (Å²) in [5, 5.41) is 8.93. The van der Waals surface area contributed by atoms with E-state index in [2.05, 4.69) is 25.1 Å². The van der Waals surface area contributed by atoms with Gasteiger partial charge in [0.2, 0.25) is 17.7 Å². The molecule has 2 aromatic heterocycles. The van der Waals surface area contributed by atoms with Crippen molar-refractivity contribution in [1.82, 2.24) is 20.2 Å². The molecule has 4 rings (SSSR count). The molecule has 0 radical (unpaired) electrons. The highest BCUT2D eigenvalue weighted by molar-refractivity contribution is 6.30. The molecular weight excluding hydrogens is 380 g/mol. The molecule has 0 saturated carbocycles. The molecule has 1 aliphatic rings. The summed E-state index contributed by atoms with van der Waals surface area (Å²) >= 11 is 5.99. The van der Waals surface area contributed by atoms with E-state index in [1.54, 1.807) is 30.6 Å². The summed E-state index contributed by atoms with van der Waals surface area (Å²) in [6.07, 6.45) is 5.35. The van der Waals surface area contributed by atoms with E-state index in [1.165, 1.54) is 0 Å². The van der Waals surface area contributed by atoms with Crippen LogP contribution in [-0.4, -0.2) is 33.3 Å². The molecule has 0 unspecified atom stereocenters. The van der Waals surface area contributed by atoms with Crippen LogP contribution >= 0.6 is 11.6 Å². The van der Waals surface area contributed by atoms with Gasteiger partial charge in [-0.05, 0) is 37.1 Å². The molecule has 0 bridgehead atoms. The van der Waals surface area contributed by atoms with E-state index >= 15 is 0 Å². The fourth-order valence-electron chi connectivity index (χ4n) is 3.22. The van der Waals surface area contributed by atoms with E-state index in [9.17, 15) is 0 Å². The second-order valence-electron chi connectivity index (χ2n) is 6.68. The van der Waals surface area contributed by atoms with E-state index in [0.717, 1.165) is 37.4 Å². The van der Waals surface area contributed by atoms with Crippen molar-refractivity contribution in [1.29, 1.82) is 0 Å². The summed E-state index contributed by atoms with van der Waals surface area (Å²) in [7, 11) is 0. The van der Waals surface area contributed by atoms with Crippen LogP contribution in [-0.2, 0) is 18.0 Å². The molecular formula is C19H21ClN6O2. The average molecular weight is 401 g/mol. The number of piperidine rings is 1. The van der Waals surface area contributed by atoms with Crippen molar-refractivity contribution in [2.24, 2.45) is 0 Å². The number of hydrogen-bond acceptors (Lipinski definition) is 8. The molecule has 3 aromatic rings. The Morgan fingerprint density at radius 2 is 1.93 bits per heavy atom. The maximum Gasteiger partial charge on any atom is 0.242 e. The predicted molar refractivity (Wildman–Crippen MR) is 105 cm³/mol. The van der Waals surface area contributed by atoms with Gasteiger partial charge in [-0.2, -0.15) is 0 Å². The molecule has 1 aromatic carbocycles. The second kappa shape index (κ2) is 8.53. The summed E-state index contributed by atoms with van der Waals surface area (Å²) in [4.78, 5) is 10.8. The molecule has 1 fully saturated rings. The monoisotopic (exact) mass is 400 g/mol. The van der Waals surface area contributed by atoms with Gasteiger partial charge in [-0.25, -0.2) is 9.97 Å². The van der Waals surface area contributed by atoms with Crippen LogP contribution in [0.25, 0.3) is 0 Å². The quantitative estimate of drug-likeness (QED) is 0.629. The third-order valence-corrected chi connectivity index (χ3v) is 4.98. The SMILES string of the molecule is Nc1ccc(Cl)cc1COCc1nnc(C2CCN(c3ncccn3)CC2)o1. The lowest BCUT2D eigenvalue weighted by Gasteiger charge is -2.30. The summed E-state index contributed by atoms with van der Waals surface area (Å²) in [6.45, 7) is 2.28. The first-order chi connectivity index (χ1) is 13.7. The van der Waals surface area contributed by atoms with Gasteiger partial charge in [0, 0.05) is 47.7 Å². The Labute approximate surface area is 167 Å². The number of nitrogens with zero attached hydrogens (tertiary/aromatic N) is 5. The standard InChI is InChI=1S/C19H21ClN6O2/c20-15-2-3-16(21)14(10-15)11-27-12-17-24-25-18(28-17)13-4-8-26(9-5-13)19-22-6-1-7-23-19/h1-3,6-7,10,13H,4-5,8-9,11-12,21H2. The topological polar surface area (TPSA) is 103 Å². The van der Waals surface area contributed by atoms with Crippen LogP contribution in [0.2, 0.25) is 5.02 Å². The average Bonchev–Trinajstić information content (AvgIpc) is 3.20. The summed E-state index contributed by atoms with van der Waals surface area (Å²) in [5.74, 6) is 2.13. The van der Waals surface area contributed by atoms with E-state index in [-0.39, 0.29) is 12.5 Å². The van der Waals surface area contributed by atoms with Crippen LogP contribution in [0.3, 0.4) is 0 Å². The van der Waals surface area contributed by atoms with Gasteiger partial charge in [0.05, 0.1) is 6.61 Å². The Hall–Kier alpha value is -2.71. The van der Waals surface area contributed by atoms with Gasteiger partial charge in [0.25, 0.3) is 0 Å². The fraction of sp³-hybridized carbons (Fsp3) is 0.368. The number of anilines is 2. The molecule has 1 saturated heterocycles. The van der Waals surface area contributed by atoms with E-state index in [4.69, 9.17) is 26.5 Å². The number of rotatable bonds is 6. The maximum atomic E-state index is 5.99. The van der Waals surface area contributed by atoms with Crippen molar-refractivity contribution in [3.8, 4) is 0 Å². The zero-order valence-corrected chi connectivity index (χ0v) is 16.0. The van der Waals surface area contributed by atoms with Crippen LogP contribution in [0.15, 0.2) is 41.1 Å². The van der Waals surface area contributed by atoms with Gasteiger partial charge < -0.3 is 19.8 Å². The van der Waals surface area contributed by atoms with Gasteiger partial charge in [-0.15, -0.1) is 10.2 Å². The highest BCUT2D eigenvalue weighted by Crippen LogP contribution is 2.28. The molecule has 0 spiro atoms. The van der Waals surface area contributed by atoms with E-state index in [0.29, 0.717) is 29.1 Å². The van der Waals surface area contributed by atoms with Crippen molar-refractivity contribution >= 4 is 23.2 Å². The lowest BCUT2D eigenvalue weighted by Crippen LogP contribution is -2.34. The number of aromatic nitrogens is 4. The van der Waals surface area contributed by atoms with Crippen molar-refractivity contribution in [3.05, 3.63) is 59.0 Å². The molecule has 2 N–H and O–H groups in total. The van der Waals surface area contributed by atoms with Crippen LogP contribution in [0, 0.1) is 0 Å². The van der Waals surface area contributed by atoms with Crippen LogP contribution in [0.5, 0.6) is 0 Å². The molecule has 146 valence electrons. The minimum Gasteiger partial charge on any atom is -0.422 e. The summed E-state index contributed by atoms with van der Waals surface area (Å²) in [5.41, 5.74) is 7.40. The van der Waals surface area contributed by atoms with Crippen molar-refractivity contribution in [2.75, 3.05) is 23.7 Å². The third kappa shape index (κ3) is 4.40. The summed E-state index contributed by atoms with van der Waals surface area (Å²) in [6, 6.07) is 7.12. The fourth-order valence-corrected chi connectivity index (χ4v) is 3.41. The number of halogens is 1. The van der Waals surface area contributed by atoms with Crippen LogP contribution < -0.4 is 10.6 Å². The van der Waals surface area contributed by atoms with Gasteiger partial charge in [0.1, 0.15) is 6.61 Å². The molecule has 9 heteroatoms. The Bertz CT molecular complexity index is 912. The molecule has 28 heavy (non-hydrogen) atoms. The smallest absolute Gasteiger partial charge is 0.242 e. The third-order valence-electron chi connectivity index (χ3n) is 4.75. The number of benzene rings is 1. The van der Waals surface area contributed by atoms with Crippen LogP contribution in [0.1, 0.15) is 36.1 Å². The number of ether oxygens (including phenoxy) is 1. The van der Waals surface area contributed by atoms with Gasteiger partial charge in [-0.3, -0.25) is 0 Å². The molecule has 0 atom stereocenters. The van der Waals surface area contributed by atoms with Gasteiger partial charge in [-0.1, -0.05) is 11.6 Å². The lowest BCUT2D eigenvalue weighted by molar-refractivity contribution is 0.0885. The van der Waals surface area contributed by atoms with Gasteiger partial charge >= 0.3 is 0 Å². The number of nitrogen functional groups attached to an aromatic ring is 1. The molecule has 0 aliphatic carbocycles. The molecule has 3 heterocycles. The van der Waals surface area contributed by atoms with E-state index < -0.39 is 0 Å². The molecule has 8 nitrogen and oxygen atoms in total. The number of hydrogen-bond donors (Lipinski definition) is 1.